The maximum atomic E-state index is 14.7. The highest BCUT2D eigenvalue weighted by Gasteiger charge is 2.48. The highest BCUT2D eigenvalue weighted by Crippen LogP contribution is 2.32. The molecule has 9 atom stereocenters. The zero-order valence-electron chi connectivity index (χ0n) is 49.3. The molecule has 0 radical (unpaired) electrons. The summed E-state index contributed by atoms with van der Waals surface area (Å²) in [5.74, 6) is -4.89. The fraction of sp³-hybridized carbons (Fsp3) is 0.724. The molecule has 3 aliphatic rings. The second-order valence-electron chi connectivity index (χ2n) is 21.4. The van der Waals surface area contributed by atoms with Gasteiger partial charge >= 0.3 is 5.97 Å². The van der Waals surface area contributed by atoms with E-state index in [0.29, 0.717) is 105 Å². The molecule has 3 aliphatic heterocycles. The minimum Gasteiger partial charge on any atom is -0.480 e. The number of nitrogens with one attached hydrogen (secondary N) is 2. The fourth-order valence-corrected chi connectivity index (χ4v) is 10.6. The van der Waals surface area contributed by atoms with Crippen LogP contribution in [0.15, 0.2) is 42.5 Å². The Morgan fingerprint density at radius 1 is 0.741 bits per heavy atom. The van der Waals surface area contributed by atoms with Gasteiger partial charge in [-0.1, -0.05) is 71.4 Å². The summed E-state index contributed by atoms with van der Waals surface area (Å²) in [5.41, 5.74) is -0.443. The molecule has 23 heteroatoms. The van der Waals surface area contributed by atoms with E-state index in [1.807, 2.05) is 33.8 Å². The lowest BCUT2D eigenvalue weighted by molar-refractivity contribution is -0.150. The number of hydrogen-bond acceptors (Lipinski definition) is 16. The molecule has 0 saturated carbocycles. The van der Waals surface area contributed by atoms with Crippen molar-refractivity contribution in [2.75, 3.05) is 120 Å². The first kappa shape index (κ1) is 68.1. The number of carboxylic acid groups (broad SMARTS) is 1. The summed E-state index contributed by atoms with van der Waals surface area (Å²) in [6, 6.07) is 5.84. The third-order valence-corrected chi connectivity index (χ3v) is 15.5. The normalized spacial score (nSPS) is 19.8. The van der Waals surface area contributed by atoms with Crippen LogP contribution >= 0.6 is 0 Å². The number of imide groups is 1. The summed E-state index contributed by atoms with van der Waals surface area (Å²) in [5, 5.41) is 15.7. The number of hydrogen-bond donors (Lipinski definition) is 3. The number of rotatable bonds is 40. The monoisotopic (exact) mass is 1140 g/mol. The van der Waals surface area contributed by atoms with Crippen molar-refractivity contribution in [2.45, 2.75) is 135 Å². The van der Waals surface area contributed by atoms with Crippen molar-refractivity contribution in [2.24, 2.45) is 17.8 Å². The molecule has 23 nitrogen and oxygen atoms in total. The van der Waals surface area contributed by atoms with Crippen LogP contribution in [0.4, 0.5) is 0 Å². The fourth-order valence-electron chi connectivity index (χ4n) is 10.6. The number of likely N-dealkylation sites (tertiary alicyclic amines) is 2. The van der Waals surface area contributed by atoms with Gasteiger partial charge in [-0.15, -0.1) is 0 Å². The molecule has 0 aliphatic carbocycles. The largest absolute Gasteiger partial charge is 0.480 e. The lowest BCUT2D eigenvalue weighted by Gasteiger charge is -2.41. The van der Waals surface area contributed by atoms with Gasteiger partial charge in [-0.3, -0.25) is 38.5 Å². The Hall–Kier alpha value is -5.40. The summed E-state index contributed by atoms with van der Waals surface area (Å²) in [7, 11) is 4.65. The maximum Gasteiger partial charge on any atom is 0.326 e. The highest BCUT2D eigenvalue weighted by atomic mass is 16.6. The van der Waals surface area contributed by atoms with Gasteiger partial charge in [0.2, 0.25) is 29.5 Å². The Kier molecular flexibility index (Phi) is 29.9. The molecule has 3 heterocycles. The van der Waals surface area contributed by atoms with Crippen LogP contribution < -0.4 is 10.6 Å². The van der Waals surface area contributed by atoms with Crippen molar-refractivity contribution in [1.82, 2.24) is 30.2 Å². The average molecular weight is 1150 g/mol. The summed E-state index contributed by atoms with van der Waals surface area (Å²) in [6.45, 7) is 15.9. The van der Waals surface area contributed by atoms with E-state index < -0.39 is 65.6 Å². The lowest BCUT2D eigenvalue weighted by atomic mass is 9.89. The molecule has 3 N–H and O–H groups in total. The number of carbonyl (C=O) groups excluding carboxylic acids is 7. The van der Waals surface area contributed by atoms with Crippen molar-refractivity contribution in [1.29, 1.82) is 0 Å². The second-order valence-corrected chi connectivity index (χ2v) is 21.4. The molecule has 7 unspecified atom stereocenters. The van der Waals surface area contributed by atoms with Crippen molar-refractivity contribution >= 4 is 47.3 Å². The SMILES string of the molecule is CCC(C)C(C(CC(=O)N1CCC[C@H]1C(OC)C(C)C(=O)NC(Cc1ccccc1)C(=O)O)OC)N(C)C(=O)C(NC(=O)[C@]1(C)CCCN1C(=O)CCOCCOCCOCCOCCOCCOCCN1C(=O)C=CC1=O)C(C)C. The second kappa shape index (κ2) is 35.6. The van der Waals surface area contributed by atoms with E-state index >= 15 is 0 Å². The van der Waals surface area contributed by atoms with Crippen LogP contribution in [-0.2, 0) is 82.7 Å². The molecule has 0 bridgehead atoms. The minimum absolute atomic E-state index is 0.0537. The van der Waals surface area contributed by atoms with Crippen molar-refractivity contribution < 1.29 is 81.4 Å². The first-order chi connectivity index (χ1) is 38.8. The highest BCUT2D eigenvalue weighted by molar-refractivity contribution is 6.12. The van der Waals surface area contributed by atoms with Crippen molar-refractivity contribution in [3.63, 3.8) is 0 Å². The Labute approximate surface area is 478 Å². The van der Waals surface area contributed by atoms with Crippen LogP contribution in [0.3, 0.4) is 0 Å². The van der Waals surface area contributed by atoms with E-state index in [1.54, 1.807) is 59.9 Å². The van der Waals surface area contributed by atoms with Crippen molar-refractivity contribution in [3.8, 4) is 0 Å². The standard InChI is InChI=1S/C58H92N6O17/c1-10-41(4)52(46(74-8)39-50(68)62-23-14-18-45(62)53(75-9)42(5)54(69)59-44(56(71)72)38-43-16-12-11-13-17-43)61(7)55(70)51(40(2)3)60-57(73)58(6)22-15-24-64(58)49(67)21-26-76-28-30-78-32-34-80-36-37-81-35-33-79-31-29-77-27-25-63-47(65)19-20-48(63)66/h11-13,16-17,19-20,40-42,44-46,51-53H,10,14-15,18,21-39H2,1-9H3,(H,59,69)(H,60,73)(H,71,72)/t41?,42?,44?,45-,46?,51?,52?,53?,58-/m0/s1. The van der Waals surface area contributed by atoms with E-state index in [9.17, 15) is 43.5 Å². The van der Waals surface area contributed by atoms with Crippen LogP contribution in [0.25, 0.3) is 0 Å². The first-order valence-electron chi connectivity index (χ1n) is 28.6. The Morgan fingerprint density at radius 3 is 1.81 bits per heavy atom. The van der Waals surface area contributed by atoms with Gasteiger partial charge < -0.3 is 68.3 Å². The van der Waals surface area contributed by atoms with Gasteiger partial charge in [0, 0.05) is 52.9 Å². The van der Waals surface area contributed by atoms with Gasteiger partial charge in [-0.2, -0.15) is 0 Å². The summed E-state index contributed by atoms with van der Waals surface area (Å²) in [4.78, 5) is 112. The Bertz CT molecular complexity index is 2170. The molecule has 7 amide bonds. The molecular weight excluding hydrogens is 1050 g/mol. The van der Waals surface area contributed by atoms with Crippen molar-refractivity contribution in [3.05, 3.63) is 48.0 Å². The van der Waals surface area contributed by atoms with E-state index in [-0.39, 0.29) is 87.0 Å². The molecule has 2 fully saturated rings. The topological polar surface area (TPSA) is 268 Å². The van der Waals surface area contributed by atoms with Gasteiger partial charge in [0.25, 0.3) is 11.8 Å². The molecule has 0 spiro atoms. The van der Waals surface area contributed by atoms with Gasteiger partial charge in [0.1, 0.15) is 17.6 Å². The van der Waals surface area contributed by atoms with E-state index in [0.717, 1.165) is 10.5 Å². The number of aliphatic carboxylic acids is 1. The Morgan fingerprint density at radius 2 is 1.30 bits per heavy atom. The summed E-state index contributed by atoms with van der Waals surface area (Å²) >= 11 is 0. The lowest BCUT2D eigenvalue weighted by Crippen LogP contribution is -2.62. The number of carbonyl (C=O) groups is 8. The smallest absolute Gasteiger partial charge is 0.326 e. The molecule has 456 valence electrons. The predicted octanol–water partition coefficient (Wildman–Crippen LogP) is 2.66. The Balaban J connectivity index is 1.19. The van der Waals surface area contributed by atoms with Crippen LogP contribution in [0.2, 0.25) is 0 Å². The van der Waals surface area contributed by atoms with Crippen LogP contribution in [0.1, 0.15) is 92.1 Å². The van der Waals surface area contributed by atoms with Gasteiger partial charge in [0.05, 0.1) is 129 Å². The van der Waals surface area contributed by atoms with Crippen LogP contribution in [0.5, 0.6) is 0 Å². The number of amides is 7. The van der Waals surface area contributed by atoms with E-state index in [4.69, 9.17) is 37.9 Å². The number of likely N-dealkylation sites (N-methyl/N-ethyl adjacent to an activating group) is 1. The third-order valence-electron chi connectivity index (χ3n) is 15.5. The molecule has 2 saturated heterocycles. The van der Waals surface area contributed by atoms with Gasteiger partial charge in [-0.05, 0) is 50.0 Å². The summed E-state index contributed by atoms with van der Waals surface area (Å²) in [6.07, 6.45) is 3.95. The first-order valence-corrected chi connectivity index (χ1v) is 28.6. The average Bonchev–Trinajstić information content (AvgIpc) is 4.44. The third kappa shape index (κ3) is 20.8. The maximum absolute atomic E-state index is 14.7. The number of nitrogens with zero attached hydrogens (tertiary/aromatic N) is 4. The van der Waals surface area contributed by atoms with Gasteiger partial charge in [-0.25, -0.2) is 4.79 Å². The number of methoxy groups -OCH3 is 2. The molecule has 1 aromatic carbocycles. The number of benzene rings is 1. The molecule has 0 aromatic heterocycles. The van der Waals surface area contributed by atoms with Crippen LogP contribution in [-0.4, -0.2) is 234 Å². The number of carboxylic acids is 1. The molecule has 1 aromatic rings. The number of ether oxygens (including phenoxy) is 8. The molecule has 4 rings (SSSR count). The minimum atomic E-state index is -1.20. The molecular formula is C58H92N6O17. The van der Waals surface area contributed by atoms with E-state index in [1.165, 1.54) is 26.4 Å². The van der Waals surface area contributed by atoms with E-state index in [2.05, 4.69) is 10.6 Å². The predicted molar refractivity (Wildman–Crippen MR) is 297 cm³/mol. The summed E-state index contributed by atoms with van der Waals surface area (Å²) < 4.78 is 45.1. The van der Waals surface area contributed by atoms with Crippen LogP contribution in [0, 0.1) is 17.8 Å². The van der Waals surface area contributed by atoms with Gasteiger partial charge in [0.15, 0.2) is 0 Å². The zero-order chi connectivity index (χ0) is 59.5. The molecule has 81 heavy (non-hydrogen) atoms. The quantitative estimate of drug-likeness (QED) is 0.0630. The zero-order valence-corrected chi connectivity index (χ0v) is 49.3.